The van der Waals surface area contributed by atoms with Gasteiger partial charge in [-0.2, -0.15) is 0 Å². The summed E-state index contributed by atoms with van der Waals surface area (Å²) in [5, 5.41) is 6.46. The van der Waals surface area contributed by atoms with Gasteiger partial charge in [0.1, 0.15) is 6.04 Å². The minimum absolute atomic E-state index is 0.147. The zero-order valence-corrected chi connectivity index (χ0v) is 18.0. The molecule has 160 valence electrons. The molecule has 30 heavy (non-hydrogen) atoms. The Morgan fingerprint density at radius 2 is 1.90 bits per heavy atom. The number of benzene rings is 1. The zero-order valence-electron chi connectivity index (χ0n) is 17.3. The van der Waals surface area contributed by atoms with E-state index >= 15 is 0 Å². The number of likely N-dealkylation sites (N-methyl/N-ethyl adjacent to an activating group) is 1. The maximum Gasteiger partial charge on any atom is 0.322 e. The van der Waals surface area contributed by atoms with Crippen molar-refractivity contribution in [2.24, 2.45) is 0 Å². The Kier molecular flexibility index (Phi) is 5.73. The van der Waals surface area contributed by atoms with E-state index in [1.165, 1.54) is 11.3 Å². The Morgan fingerprint density at radius 1 is 1.20 bits per heavy atom. The first-order valence-electron chi connectivity index (χ1n) is 10.5. The van der Waals surface area contributed by atoms with Gasteiger partial charge in [0.25, 0.3) is 5.91 Å². The number of amides is 4. The average Bonchev–Trinajstić information content (AvgIpc) is 3.09. The van der Waals surface area contributed by atoms with Crippen LogP contribution < -0.4 is 10.6 Å². The van der Waals surface area contributed by atoms with Gasteiger partial charge in [-0.15, -0.1) is 0 Å². The molecular formula is C22H27ClN4O3. The predicted octanol–water partition coefficient (Wildman–Crippen LogP) is 2.97. The second-order valence-corrected chi connectivity index (χ2v) is 8.68. The maximum absolute atomic E-state index is 13.4. The van der Waals surface area contributed by atoms with Crippen molar-refractivity contribution in [3.05, 3.63) is 46.1 Å². The number of carbonyl (C=O) groups excluding carboxylic acids is 3. The molecule has 2 aliphatic heterocycles. The van der Waals surface area contributed by atoms with E-state index in [1.54, 1.807) is 37.1 Å². The highest BCUT2D eigenvalue weighted by Gasteiger charge is 2.45. The van der Waals surface area contributed by atoms with Crippen molar-refractivity contribution >= 4 is 29.4 Å². The fourth-order valence-corrected chi connectivity index (χ4v) is 4.80. The van der Waals surface area contributed by atoms with E-state index in [-0.39, 0.29) is 30.4 Å². The highest BCUT2D eigenvalue weighted by molar-refractivity contribution is 6.31. The molecule has 2 heterocycles. The van der Waals surface area contributed by atoms with Crippen molar-refractivity contribution in [1.29, 1.82) is 0 Å². The molecule has 0 bridgehead atoms. The number of urea groups is 1. The Bertz CT molecular complexity index is 909. The van der Waals surface area contributed by atoms with Gasteiger partial charge in [0.15, 0.2) is 0 Å². The number of nitrogens with zero attached hydrogens (tertiary/aromatic N) is 2. The van der Waals surface area contributed by atoms with Gasteiger partial charge in [-0.3, -0.25) is 14.5 Å². The molecule has 2 atom stereocenters. The van der Waals surface area contributed by atoms with Crippen LogP contribution in [0.25, 0.3) is 0 Å². The average molecular weight is 431 g/mol. The lowest BCUT2D eigenvalue weighted by molar-refractivity contribution is -0.136. The molecule has 0 aromatic heterocycles. The van der Waals surface area contributed by atoms with Crippen molar-refractivity contribution in [1.82, 2.24) is 20.4 Å². The van der Waals surface area contributed by atoms with Crippen LogP contribution in [0, 0.1) is 0 Å². The second-order valence-electron chi connectivity index (χ2n) is 8.28. The standard InChI is InChI=1S/C22H27ClN4O3/c1-13(20(28)24-14-8-4-3-5-9-14)27-12-17-18(21(27)29)19(25-22(30)26(17)2)15-10-6-7-11-16(15)23/h6-7,10-11,13-14,19H,3-5,8-9,12H2,1-2H3,(H,24,28)(H,25,30). The highest BCUT2D eigenvalue weighted by atomic mass is 35.5. The van der Waals surface area contributed by atoms with Gasteiger partial charge in [-0.25, -0.2) is 4.79 Å². The predicted molar refractivity (Wildman–Crippen MR) is 114 cm³/mol. The quantitative estimate of drug-likeness (QED) is 0.770. The maximum atomic E-state index is 13.4. The molecule has 8 heteroatoms. The van der Waals surface area contributed by atoms with E-state index in [4.69, 9.17) is 11.6 Å². The number of halogens is 1. The molecule has 4 amide bonds. The summed E-state index contributed by atoms with van der Waals surface area (Å²) >= 11 is 6.36. The fourth-order valence-electron chi connectivity index (χ4n) is 4.55. The summed E-state index contributed by atoms with van der Waals surface area (Å²) in [5.74, 6) is -0.389. The van der Waals surface area contributed by atoms with E-state index in [9.17, 15) is 14.4 Å². The number of rotatable bonds is 4. The smallest absolute Gasteiger partial charge is 0.322 e. The van der Waals surface area contributed by atoms with Gasteiger partial charge >= 0.3 is 6.03 Å². The molecule has 1 aliphatic carbocycles. The van der Waals surface area contributed by atoms with Crippen LogP contribution in [0.15, 0.2) is 35.5 Å². The van der Waals surface area contributed by atoms with Gasteiger partial charge in [-0.1, -0.05) is 49.1 Å². The van der Waals surface area contributed by atoms with Gasteiger partial charge in [0, 0.05) is 18.1 Å². The Balaban J connectivity index is 1.57. The van der Waals surface area contributed by atoms with Crippen LogP contribution in [-0.2, 0) is 9.59 Å². The first kappa shape index (κ1) is 20.7. The molecule has 7 nitrogen and oxygen atoms in total. The highest BCUT2D eigenvalue weighted by Crippen LogP contribution is 2.38. The summed E-state index contributed by atoms with van der Waals surface area (Å²) in [5.41, 5.74) is 1.76. The molecule has 1 aromatic carbocycles. The van der Waals surface area contributed by atoms with Gasteiger partial charge in [0.2, 0.25) is 5.91 Å². The van der Waals surface area contributed by atoms with E-state index in [1.807, 2.05) is 6.07 Å². The van der Waals surface area contributed by atoms with Gasteiger partial charge in [-0.05, 0) is 31.4 Å². The zero-order chi connectivity index (χ0) is 21.4. The largest absolute Gasteiger partial charge is 0.352 e. The van der Waals surface area contributed by atoms with Crippen LogP contribution in [0.2, 0.25) is 5.02 Å². The number of carbonyl (C=O) groups is 3. The van der Waals surface area contributed by atoms with Gasteiger partial charge < -0.3 is 15.5 Å². The molecule has 1 fully saturated rings. The van der Waals surface area contributed by atoms with Crippen molar-refractivity contribution in [2.45, 2.75) is 57.2 Å². The fraction of sp³-hybridized carbons (Fsp3) is 0.500. The normalized spacial score (nSPS) is 23.4. The third-order valence-corrected chi connectivity index (χ3v) is 6.75. The Morgan fingerprint density at radius 3 is 2.60 bits per heavy atom. The molecule has 4 rings (SSSR count). The summed E-state index contributed by atoms with van der Waals surface area (Å²) in [4.78, 5) is 41.8. The Hall–Kier alpha value is -2.54. The van der Waals surface area contributed by atoms with Crippen LogP contribution in [0.1, 0.15) is 50.6 Å². The Labute approximate surface area is 181 Å². The summed E-state index contributed by atoms with van der Waals surface area (Å²) in [6.45, 7) is 1.96. The third kappa shape index (κ3) is 3.67. The summed E-state index contributed by atoms with van der Waals surface area (Å²) in [6.07, 6.45) is 5.42. The molecule has 2 N–H and O–H groups in total. The van der Waals surface area contributed by atoms with Crippen molar-refractivity contribution in [2.75, 3.05) is 13.6 Å². The molecule has 2 unspecified atom stereocenters. The molecular weight excluding hydrogens is 404 g/mol. The third-order valence-electron chi connectivity index (χ3n) is 6.40. The monoisotopic (exact) mass is 430 g/mol. The molecule has 0 radical (unpaired) electrons. The van der Waals surface area contributed by atoms with Crippen molar-refractivity contribution in [3.8, 4) is 0 Å². The number of hydrogen-bond acceptors (Lipinski definition) is 3. The minimum atomic E-state index is -0.636. The lowest BCUT2D eigenvalue weighted by Gasteiger charge is -2.31. The summed E-state index contributed by atoms with van der Waals surface area (Å²) in [7, 11) is 1.64. The summed E-state index contributed by atoms with van der Waals surface area (Å²) < 4.78 is 0. The lowest BCUT2D eigenvalue weighted by atomic mass is 9.95. The molecule has 3 aliphatic rings. The van der Waals surface area contributed by atoms with Crippen LogP contribution in [0.4, 0.5) is 4.79 Å². The van der Waals surface area contributed by atoms with E-state index in [2.05, 4.69) is 10.6 Å². The number of nitrogens with one attached hydrogen (secondary N) is 2. The van der Waals surface area contributed by atoms with Crippen LogP contribution in [0.5, 0.6) is 0 Å². The SMILES string of the molecule is CC(C(=O)NC1CCCCC1)N1CC2=C(C1=O)C(c1ccccc1Cl)NC(=O)N2C. The van der Waals surface area contributed by atoms with Crippen LogP contribution in [-0.4, -0.2) is 53.3 Å². The van der Waals surface area contributed by atoms with Crippen LogP contribution in [0.3, 0.4) is 0 Å². The van der Waals surface area contributed by atoms with Crippen LogP contribution >= 0.6 is 11.6 Å². The van der Waals surface area contributed by atoms with E-state index in [0.717, 1.165) is 25.7 Å². The summed E-state index contributed by atoms with van der Waals surface area (Å²) in [6, 6.07) is 5.78. The van der Waals surface area contributed by atoms with Crippen molar-refractivity contribution < 1.29 is 14.4 Å². The second kappa shape index (κ2) is 8.30. The number of hydrogen-bond donors (Lipinski definition) is 2. The molecule has 1 aromatic rings. The minimum Gasteiger partial charge on any atom is -0.352 e. The first-order valence-corrected chi connectivity index (χ1v) is 10.9. The lowest BCUT2D eigenvalue weighted by Crippen LogP contribution is -2.50. The topological polar surface area (TPSA) is 81.8 Å². The van der Waals surface area contributed by atoms with Crippen molar-refractivity contribution in [3.63, 3.8) is 0 Å². The molecule has 0 spiro atoms. The molecule has 1 saturated carbocycles. The molecule has 0 saturated heterocycles. The first-order chi connectivity index (χ1) is 14.4. The van der Waals surface area contributed by atoms with Gasteiger partial charge in [0.05, 0.1) is 23.9 Å². The van der Waals surface area contributed by atoms with E-state index in [0.29, 0.717) is 21.9 Å². The van der Waals surface area contributed by atoms with E-state index < -0.39 is 12.1 Å².